The van der Waals surface area contributed by atoms with Crippen molar-refractivity contribution < 1.29 is 4.79 Å². The van der Waals surface area contributed by atoms with E-state index in [2.05, 4.69) is 10.2 Å². The molecular formula is C14H20ClN3O. The average Bonchev–Trinajstić information content (AvgIpc) is 2.34. The van der Waals surface area contributed by atoms with Gasteiger partial charge in [-0.05, 0) is 44.0 Å². The number of likely N-dealkylation sites (tertiary alicyclic amines) is 1. The van der Waals surface area contributed by atoms with Crippen LogP contribution >= 0.6 is 11.6 Å². The van der Waals surface area contributed by atoms with Crippen molar-refractivity contribution in [2.45, 2.75) is 25.8 Å². The first-order chi connectivity index (χ1) is 9.04. The molecule has 0 unspecified atom stereocenters. The number of nitrogens with two attached hydrogens (primary N) is 1. The third-order valence-corrected chi connectivity index (χ3v) is 3.77. The van der Waals surface area contributed by atoms with Gasteiger partial charge in [0.25, 0.3) is 0 Å². The molecule has 0 radical (unpaired) electrons. The number of benzene rings is 1. The van der Waals surface area contributed by atoms with Gasteiger partial charge in [-0.3, -0.25) is 9.69 Å². The maximum Gasteiger partial charge on any atom is 0.238 e. The quantitative estimate of drug-likeness (QED) is 0.891. The van der Waals surface area contributed by atoms with Gasteiger partial charge < -0.3 is 11.1 Å². The number of carbonyl (C=O) groups is 1. The van der Waals surface area contributed by atoms with Crippen molar-refractivity contribution in [3.8, 4) is 0 Å². The number of piperidine rings is 1. The van der Waals surface area contributed by atoms with Crippen LogP contribution in [-0.4, -0.2) is 36.5 Å². The summed E-state index contributed by atoms with van der Waals surface area (Å²) < 4.78 is 0. The zero-order valence-corrected chi connectivity index (χ0v) is 11.9. The zero-order valence-electron chi connectivity index (χ0n) is 11.2. The molecule has 5 heteroatoms. The Morgan fingerprint density at radius 2 is 2.37 bits per heavy atom. The number of aryl methyl sites for hydroxylation is 1. The van der Waals surface area contributed by atoms with Crippen LogP contribution in [0.15, 0.2) is 18.2 Å². The number of nitrogens with zero attached hydrogens (tertiary/aromatic N) is 1. The Labute approximate surface area is 118 Å². The minimum absolute atomic E-state index is 0.0194. The number of amides is 1. The van der Waals surface area contributed by atoms with Crippen molar-refractivity contribution in [3.63, 3.8) is 0 Å². The van der Waals surface area contributed by atoms with E-state index < -0.39 is 0 Å². The molecule has 1 amide bonds. The molecule has 2 rings (SSSR count). The molecule has 19 heavy (non-hydrogen) atoms. The summed E-state index contributed by atoms with van der Waals surface area (Å²) in [4.78, 5) is 14.0. The Bertz CT molecular complexity index is 464. The molecule has 0 aromatic heterocycles. The molecule has 1 aliphatic heterocycles. The van der Waals surface area contributed by atoms with Gasteiger partial charge in [-0.15, -0.1) is 0 Å². The maximum absolute atomic E-state index is 11.9. The molecule has 1 fully saturated rings. The van der Waals surface area contributed by atoms with Crippen molar-refractivity contribution >= 4 is 23.2 Å². The number of hydrogen-bond donors (Lipinski definition) is 2. The van der Waals surface area contributed by atoms with Crippen LogP contribution in [0, 0.1) is 6.92 Å². The summed E-state index contributed by atoms with van der Waals surface area (Å²) in [6.07, 6.45) is 2.11. The van der Waals surface area contributed by atoms with Gasteiger partial charge in [0.05, 0.1) is 6.54 Å². The zero-order chi connectivity index (χ0) is 13.8. The van der Waals surface area contributed by atoms with Crippen LogP contribution in [0.25, 0.3) is 0 Å². The first kappa shape index (κ1) is 14.3. The van der Waals surface area contributed by atoms with Crippen LogP contribution in [0.4, 0.5) is 5.69 Å². The molecule has 0 aliphatic carbocycles. The molecular weight excluding hydrogens is 262 g/mol. The number of halogens is 1. The topological polar surface area (TPSA) is 58.4 Å². The second-order valence-corrected chi connectivity index (χ2v) is 5.56. The molecule has 4 nitrogen and oxygen atoms in total. The lowest BCUT2D eigenvalue weighted by atomic mass is 10.1. The highest BCUT2D eigenvalue weighted by Crippen LogP contribution is 2.20. The molecule has 3 N–H and O–H groups in total. The van der Waals surface area contributed by atoms with Gasteiger partial charge in [-0.25, -0.2) is 0 Å². The SMILES string of the molecule is Cc1ccc(NC(=O)CN2CCC[C@@H](N)C2)cc1Cl. The molecule has 1 heterocycles. The normalized spacial score (nSPS) is 20.3. The van der Waals surface area contributed by atoms with Gasteiger partial charge in [0, 0.05) is 23.3 Å². The summed E-state index contributed by atoms with van der Waals surface area (Å²) in [5, 5.41) is 3.53. The number of anilines is 1. The van der Waals surface area contributed by atoms with E-state index in [9.17, 15) is 4.79 Å². The van der Waals surface area contributed by atoms with E-state index in [-0.39, 0.29) is 11.9 Å². The highest BCUT2D eigenvalue weighted by Gasteiger charge is 2.18. The van der Waals surface area contributed by atoms with Gasteiger partial charge >= 0.3 is 0 Å². The fourth-order valence-electron chi connectivity index (χ4n) is 2.31. The number of carbonyl (C=O) groups excluding carboxylic acids is 1. The van der Waals surface area contributed by atoms with Crippen LogP contribution < -0.4 is 11.1 Å². The lowest BCUT2D eigenvalue weighted by Gasteiger charge is -2.29. The molecule has 1 aliphatic rings. The van der Waals surface area contributed by atoms with Gasteiger partial charge in [0.1, 0.15) is 0 Å². The predicted octanol–water partition coefficient (Wildman–Crippen LogP) is 2.01. The predicted molar refractivity (Wildman–Crippen MR) is 78.5 cm³/mol. The summed E-state index contributed by atoms with van der Waals surface area (Å²) in [7, 11) is 0. The van der Waals surface area contributed by atoms with E-state index in [1.807, 2.05) is 19.1 Å². The highest BCUT2D eigenvalue weighted by atomic mass is 35.5. The van der Waals surface area contributed by atoms with Crippen molar-refractivity contribution in [2.24, 2.45) is 5.73 Å². The van der Waals surface area contributed by atoms with Crippen molar-refractivity contribution in [2.75, 3.05) is 25.0 Å². The first-order valence-corrected chi connectivity index (χ1v) is 6.96. The summed E-state index contributed by atoms with van der Waals surface area (Å²) in [5.74, 6) is -0.0194. The molecule has 104 valence electrons. The molecule has 1 aromatic carbocycles. The fourth-order valence-corrected chi connectivity index (χ4v) is 2.49. The largest absolute Gasteiger partial charge is 0.327 e. The molecule has 1 saturated heterocycles. The van der Waals surface area contributed by atoms with E-state index in [1.54, 1.807) is 6.07 Å². The molecule has 0 saturated carbocycles. The lowest BCUT2D eigenvalue weighted by Crippen LogP contribution is -2.45. The maximum atomic E-state index is 11.9. The highest BCUT2D eigenvalue weighted by molar-refractivity contribution is 6.31. The van der Waals surface area contributed by atoms with Gasteiger partial charge in [-0.1, -0.05) is 17.7 Å². The molecule has 0 spiro atoms. The molecule has 1 atom stereocenters. The number of rotatable bonds is 3. The Hall–Kier alpha value is -1.10. The Kier molecular flexibility index (Phi) is 4.80. The van der Waals surface area contributed by atoms with Crippen molar-refractivity contribution in [3.05, 3.63) is 28.8 Å². The van der Waals surface area contributed by atoms with Crippen LogP contribution in [0.5, 0.6) is 0 Å². The van der Waals surface area contributed by atoms with E-state index >= 15 is 0 Å². The number of hydrogen-bond acceptors (Lipinski definition) is 3. The number of nitrogens with one attached hydrogen (secondary N) is 1. The van der Waals surface area contributed by atoms with Gasteiger partial charge in [-0.2, -0.15) is 0 Å². The smallest absolute Gasteiger partial charge is 0.238 e. The Balaban J connectivity index is 1.88. The van der Waals surface area contributed by atoms with Crippen molar-refractivity contribution in [1.82, 2.24) is 4.90 Å². The molecule has 1 aromatic rings. The summed E-state index contributed by atoms with van der Waals surface area (Å²) in [5.41, 5.74) is 7.64. The van der Waals surface area contributed by atoms with E-state index in [1.165, 1.54) is 0 Å². The van der Waals surface area contributed by atoms with Gasteiger partial charge in [0.15, 0.2) is 0 Å². The third-order valence-electron chi connectivity index (χ3n) is 3.36. The fraction of sp³-hybridized carbons (Fsp3) is 0.500. The standard InChI is InChI=1S/C14H20ClN3O/c1-10-4-5-12(7-13(10)15)17-14(19)9-18-6-2-3-11(16)8-18/h4-5,7,11H,2-3,6,8-9,16H2,1H3,(H,17,19)/t11-/m1/s1. The Morgan fingerprint density at radius 3 is 3.05 bits per heavy atom. The molecule has 0 bridgehead atoms. The summed E-state index contributed by atoms with van der Waals surface area (Å²) in [6.45, 7) is 4.06. The lowest BCUT2D eigenvalue weighted by molar-refractivity contribution is -0.117. The van der Waals surface area contributed by atoms with Crippen molar-refractivity contribution in [1.29, 1.82) is 0 Å². The minimum Gasteiger partial charge on any atom is -0.327 e. The Morgan fingerprint density at radius 1 is 1.58 bits per heavy atom. The van der Waals surface area contributed by atoms with Gasteiger partial charge in [0.2, 0.25) is 5.91 Å². The summed E-state index contributed by atoms with van der Waals surface area (Å²) in [6, 6.07) is 5.72. The van der Waals surface area contributed by atoms with E-state index in [4.69, 9.17) is 17.3 Å². The first-order valence-electron chi connectivity index (χ1n) is 6.58. The summed E-state index contributed by atoms with van der Waals surface area (Å²) >= 11 is 6.03. The van der Waals surface area contributed by atoms with E-state index in [0.717, 1.165) is 37.2 Å². The van der Waals surface area contributed by atoms with E-state index in [0.29, 0.717) is 11.6 Å². The van der Waals surface area contributed by atoms with Crippen LogP contribution in [0.1, 0.15) is 18.4 Å². The monoisotopic (exact) mass is 281 g/mol. The van der Waals surface area contributed by atoms with Crippen LogP contribution in [0.3, 0.4) is 0 Å². The van der Waals surface area contributed by atoms with Crippen LogP contribution in [0.2, 0.25) is 5.02 Å². The average molecular weight is 282 g/mol. The van der Waals surface area contributed by atoms with Crippen LogP contribution in [-0.2, 0) is 4.79 Å². The minimum atomic E-state index is -0.0194. The second-order valence-electron chi connectivity index (χ2n) is 5.15. The second kappa shape index (κ2) is 6.37. The third kappa shape index (κ3) is 4.20.